The van der Waals surface area contributed by atoms with E-state index in [4.69, 9.17) is 5.73 Å². The molecule has 0 aliphatic carbocycles. The fourth-order valence-electron chi connectivity index (χ4n) is 2.71. The molecule has 0 bridgehead atoms. The highest BCUT2D eigenvalue weighted by Gasteiger charge is 2.14. The molecule has 0 heterocycles. The number of nitro groups is 1. The first-order chi connectivity index (χ1) is 12.9. The van der Waals surface area contributed by atoms with E-state index >= 15 is 0 Å². The molecule has 3 rings (SSSR count). The van der Waals surface area contributed by atoms with Crippen LogP contribution in [0.25, 0.3) is 11.1 Å². The molecule has 0 atom stereocenters. The van der Waals surface area contributed by atoms with Crippen molar-refractivity contribution in [2.24, 2.45) is 0 Å². The number of carbonyl (C=O) groups is 1. The summed E-state index contributed by atoms with van der Waals surface area (Å²) in [5.41, 5.74) is 9.60. The van der Waals surface area contributed by atoms with Gasteiger partial charge in [-0.25, -0.2) is 0 Å². The van der Waals surface area contributed by atoms with Gasteiger partial charge in [-0.05, 0) is 41.8 Å². The third-order valence-corrected chi connectivity index (χ3v) is 4.26. The lowest BCUT2D eigenvalue weighted by Crippen LogP contribution is -2.22. The molecular formula is C21H19N3O3. The highest BCUT2D eigenvalue weighted by atomic mass is 16.6. The minimum absolute atomic E-state index is 0.107. The summed E-state index contributed by atoms with van der Waals surface area (Å²) in [5.74, 6) is -0.206. The summed E-state index contributed by atoms with van der Waals surface area (Å²) in [6.45, 7) is 2.44. The molecule has 6 heteroatoms. The standard InChI is InChI=1S/C21H19N3O3/c1-14-5-7-15(8-6-14)13-23-21(25)18-4-2-3-16(11-18)17-9-10-19(22)20(12-17)24(26)27/h2-12H,13,22H2,1H3,(H,23,25). The predicted molar refractivity (Wildman–Crippen MR) is 105 cm³/mol. The Kier molecular flexibility index (Phi) is 5.17. The lowest BCUT2D eigenvalue weighted by atomic mass is 10.0. The minimum atomic E-state index is -0.517. The van der Waals surface area contributed by atoms with Gasteiger partial charge in [-0.1, -0.05) is 48.0 Å². The number of amides is 1. The van der Waals surface area contributed by atoms with Crippen molar-refractivity contribution in [3.63, 3.8) is 0 Å². The zero-order valence-corrected chi connectivity index (χ0v) is 14.8. The Morgan fingerprint density at radius 1 is 1.04 bits per heavy atom. The first-order valence-electron chi connectivity index (χ1n) is 8.42. The number of benzene rings is 3. The number of rotatable bonds is 5. The molecule has 0 aliphatic rings. The molecule has 0 saturated carbocycles. The highest BCUT2D eigenvalue weighted by Crippen LogP contribution is 2.29. The Labute approximate surface area is 156 Å². The Bertz CT molecular complexity index is 998. The third-order valence-electron chi connectivity index (χ3n) is 4.26. The average Bonchev–Trinajstić information content (AvgIpc) is 2.67. The number of nitrogens with zero attached hydrogens (tertiary/aromatic N) is 1. The molecule has 27 heavy (non-hydrogen) atoms. The minimum Gasteiger partial charge on any atom is -0.393 e. The Morgan fingerprint density at radius 2 is 1.74 bits per heavy atom. The predicted octanol–water partition coefficient (Wildman–Crippen LogP) is 4.08. The summed E-state index contributed by atoms with van der Waals surface area (Å²) in [6.07, 6.45) is 0. The van der Waals surface area contributed by atoms with Crippen molar-refractivity contribution in [2.75, 3.05) is 5.73 Å². The summed E-state index contributed by atoms with van der Waals surface area (Å²) in [7, 11) is 0. The Hall–Kier alpha value is -3.67. The van der Waals surface area contributed by atoms with Gasteiger partial charge in [0.1, 0.15) is 5.69 Å². The largest absolute Gasteiger partial charge is 0.393 e. The van der Waals surface area contributed by atoms with Crippen LogP contribution >= 0.6 is 0 Å². The first-order valence-corrected chi connectivity index (χ1v) is 8.42. The number of nitrogen functional groups attached to an aromatic ring is 1. The van der Waals surface area contributed by atoms with E-state index in [1.54, 1.807) is 30.3 Å². The molecule has 3 aromatic rings. The SMILES string of the molecule is Cc1ccc(CNC(=O)c2cccc(-c3ccc(N)c([N+](=O)[O-])c3)c2)cc1. The van der Waals surface area contributed by atoms with E-state index in [1.807, 2.05) is 31.2 Å². The highest BCUT2D eigenvalue weighted by molar-refractivity contribution is 5.95. The van der Waals surface area contributed by atoms with Gasteiger partial charge in [0.05, 0.1) is 4.92 Å². The van der Waals surface area contributed by atoms with Crippen molar-refractivity contribution in [3.8, 4) is 11.1 Å². The number of aryl methyl sites for hydroxylation is 1. The second-order valence-electron chi connectivity index (χ2n) is 6.28. The van der Waals surface area contributed by atoms with Crippen molar-refractivity contribution >= 4 is 17.3 Å². The van der Waals surface area contributed by atoms with Gasteiger partial charge < -0.3 is 11.1 Å². The van der Waals surface area contributed by atoms with E-state index in [1.165, 1.54) is 12.1 Å². The number of carbonyl (C=O) groups excluding carboxylic acids is 1. The molecule has 0 radical (unpaired) electrons. The lowest BCUT2D eigenvalue weighted by molar-refractivity contribution is -0.383. The van der Waals surface area contributed by atoms with Crippen molar-refractivity contribution in [2.45, 2.75) is 13.5 Å². The monoisotopic (exact) mass is 361 g/mol. The molecular weight excluding hydrogens is 342 g/mol. The van der Waals surface area contributed by atoms with Crippen molar-refractivity contribution < 1.29 is 9.72 Å². The molecule has 0 spiro atoms. The molecule has 0 fully saturated rings. The summed E-state index contributed by atoms with van der Waals surface area (Å²) >= 11 is 0. The van der Waals surface area contributed by atoms with E-state index in [2.05, 4.69) is 5.32 Å². The number of nitro benzene ring substituents is 1. The van der Waals surface area contributed by atoms with E-state index < -0.39 is 4.92 Å². The molecule has 0 aliphatic heterocycles. The van der Waals surface area contributed by atoms with Crippen molar-refractivity contribution in [3.05, 3.63) is 93.5 Å². The quantitative estimate of drug-likeness (QED) is 0.406. The zero-order chi connectivity index (χ0) is 19.4. The van der Waals surface area contributed by atoms with Crippen LogP contribution in [0.4, 0.5) is 11.4 Å². The number of hydrogen-bond acceptors (Lipinski definition) is 4. The molecule has 3 aromatic carbocycles. The third kappa shape index (κ3) is 4.30. The van der Waals surface area contributed by atoms with Crippen LogP contribution < -0.4 is 11.1 Å². The summed E-state index contributed by atoms with van der Waals surface area (Å²) in [6, 6.07) is 19.5. The Balaban J connectivity index is 1.79. The van der Waals surface area contributed by atoms with Gasteiger partial charge in [0.2, 0.25) is 0 Å². The fourth-order valence-corrected chi connectivity index (χ4v) is 2.71. The van der Waals surface area contributed by atoms with Crippen LogP contribution in [-0.2, 0) is 6.54 Å². The first kappa shape index (κ1) is 18.1. The zero-order valence-electron chi connectivity index (χ0n) is 14.8. The molecule has 0 saturated heterocycles. The van der Waals surface area contributed by atoms with E-state index in [0.29, 0.717) is 23.2 Å². The average molecular weight is 361 g/mol. The van der Waals surface area contributed by atoms with Crippen LogP contribution in [-0.4, -0.2) is 10.8 Å². The summed E-state index contributed by atoms with van der Waals surface area (Å²) < 4.78 is 0. The maximum atomic E-state index is 12.5. The second kappa shape index (κ2) is 7.70. The summed E-state index contributed by atoms with van der Waals surface area (Å²) in [4.78, 5) is 23.0. The van der Waals surface area contributed by atoms with Crippen molar-refractivity contribution in [1.82, 2.24) is 5.32 Å². The van der Waals surface area contributed by atoms with Gasteiger partial charge in [-0.3, -0.25) is 14.9 Å². The maximum Gasteiger partial charge on any atom is 0.292 e. The van der Waals surface area contributed by atoms with E-state index in [9.17, 15) is 14.9 Å². The van der Waals surface area contributed by atoms with Gasteiger partial charge in [0.15, 0.2) is 0 Å². The normalized spacial score (nSPS) is 10.4. The topological polar surface area (TPSA) is 98.3 Å². The van der Waals surface area contributed by atoms with Gasteiger partial charge in [0, 0.05) is 18.2 Å². The van der Waals surface area contributed by atoms with Crippen molar-refractivity contribution in [1.29, 1.82) is 0 Å². The van der Waals surface area contributed by atoms with E-state index in [0.717, 1.165) is 11.1 Å². The lowest BCUT2D eigenvalue weighted by Gasteiger charge is -2.08. The van der Waals surface area contributed by atoms with Gasteiger partial charge >= 0.3 is 0 Å². The van der Waals surface area contributed by atoms with Crippen LogP contribution in [0.15, 0.2) is 66.7 Å². The molecule has 1 amide bonds. The van der Waals surface area contributed by atoms with Gasteiger partial charge in [0.25, 0.3) is 11.6 Å². The second-order valence-corrected chi connectivity index (χ2v) is 6.28. The van der Waals surface area contributed by atoms with Crippen LogP contribution in [0, 0.1) is 17.0 Å². The Morgan fingerprint density at radius 3 is 2.44 bits per heavy atom. The summed E-state index contributed by atoms with van der Waals surface area (Å²) in [5, 5.41) is 14.0. The van der Waals surface area contributed by atoms with Crippen LogP contribution in [0.3, 0.4) is 0 Å². The number of nitrogens with two attached hydrogens (primary N) is 1. The molecule has 0 aromatic heterocycles. The molecule has 6 nitrogen and oxygen atoms in total. The number of hydrogen-bond donors (Lipinski definition) is 2. The van der Waals surface area contributed by atoms with Gasteiger partial charge in [-0.15, -0.1) is 0 Å². The maximum absolute atomic E-state index is 12.5. The fraction of sp³-hybridized carbons (Fsp3) is 0.0952. The molecule has 3 N–H and O–H groups in total. The number of nitrogens with one attached hydrogen (secondary N) is 1. The smallest absolute Gasteiger partial charge is 0.292 e. The van der Waals surface area contributed by atoms with Crippen LogP contribution in [0.5, 0.6) is 0 Å². The van der Waals surface area contributed by atoms with Gasteiger partial charge in [-0.2, -0.15) is 0 Å². The van der Waals surface area contributed by atoms with Crippen LogP contribution in [0.2, 0.25) is 0 Å². The number of anilines is 1. The molecule has 136 valence electrons. The van der Waals surface area contributed by atoms with Crippen LogP contribution in [0.1, 0.15) is 21.5 Å². The van der Waals surface area contributed by atoms with E-state index in [-0.39, 0.29) is 17.3 Å². The molecule has 0 unspecified atom stereocenters.